The van der Waals surface area contributed by atoms with E-state index in [1.807, 2.05) is 30.3 Å². The summed E-state index contributed by atoms with van der Waals surface area (Å²) in [5, 5.41) is 11.3. The van der Waals surface area contributed by atoms with Gasteiger partial charge in [-0.3, -0.25) is 0 Å². The molecule has 4 heteroatoms. The molecular formula is C16H21NO2Si. The van der Waals surface area contributed by atoms with E-state index in [4.69, 9.17) is 4.74 Å². The molecule has 1 aromatic rings. The van der Waals surface area contributed by atoms with E-state index in [0.29, 0.717) is 5.20 Å². The van der Waals surface area contributed by atoms with Gasteiger partial charge in [-0.2, -0.15) is 5.26 Å². The second-order valence-corrected chi connectivity index (χ2v) is 9.86. The lowest BCUT2D eigenvalue weighted by molar-refractivity contribution is -0.149. The van der Waals surface area contributed by atoms with Crippen molar-refractivity contribution in [1.82, 2.24) is 0 Å². The molecule has 0 radical (unpaired) electrons. The van der Waals surface area contributed by atoms with Crippen LogP contribution in [0.1, 0.15) is 13.8 Å². The molecule has 1 atom stereocenters. The number of carbonyl (C=O) groups is 1. The van der Waals surface area contributed by atoms with E-state index < -0.39 is 19.5 Å². The Labute approximate surface area is 121 Å². The summed E-state index contributed by atoms with van der Waals surface area (Å²) in [7, 11) is -2.15. The average molecular weight is 287 g/mol. The van der Waals surface area contributed by atoms with Gasteiger partial charge in [0, 0.05) is 0 Å². The maximum atomic E-state index is 12.1. The van der Waals surface area contributed by atoms with E-state index in [0.717, 1.165) is 5.19 Å². The first-order chi connectivity index (χ1) is 9.30. The van der Waals surface area contributed by atoms with Gasteiger partial charge in [-0.25, -0.2) is 4.79 Å². The second kappa shape index (κ2) is 6.06. The zero-order valence-electron chi connectivity index (χ0n) is 12.6. The molecule has 1 rings (SSSR count). The number of ether oxygens (including phenoxy) is 1. The third kappa shape index (κ3) is 2.83. The Bertz CT molecular complexity index is 545. The van der Waals surface area contributed by atoms with Gasteiger partial charge in [0.2, 0.25) is 0 Å². The van der Waals surface area contributed by atoms with Crippen LogP contribution in [0.3, 0.4) is 0 Å². The Hall–Kier alpha value is -1.86. The molecule has 0 spiro atoms. The summed E-state index contributed by atoms with van der Waals surface area (Å²) in [5.41, 5.74) is -1.29. The van der Waals surface area contributed by atoms with Crippen LogP contribution in [0.5, 0.6) is 0 Å². The molecule has 0 aliphatic heterocycles. The summed E-state index contributed by atoms with van der Waals surface area (Å²) < 4.78 is 5.05. The zero-order chi connectivity index (χ0) is 15.4. The van der Waals surface area contributed by atoms with Crippen LogP contribution in [0.4, 0.5) is 0 Å². The fourth-order valence-corrected chi connectivity index (χ4v) is 4.95. The SMILES string of the molecule is C=C(C(C)(C#N)C(=O)OCC)[Si](C)(C)c1ccccc1. The molecule has 0 heterocycles. The van der Waals surface area contributed by atoms with Crippen molar-refractivity contribution in [2.24, 2.45) is 5.41 Å². The molecular weight excluding hydrogens is 266 g/mol. The van der Waals surface area contributed by atoms with Gasteiger partial charge in [0.25, 0.3) is 0 Å². The highest BCUT2D eigenvalue weighted by atomic mass is 28.3. The van der Waals surface area contributed by atoms with Crippen LogP contribution in [-0.4, -0.2) is 20.7 Å². The van der Waals surface area contributed by atoms with Gasteiger partial charge < -0.3 is 4.74 Å². The number of carbonyl (C=O) groups excluding carboxylic acids is 1. The van der Waals surface area contributed by atoms with Crippen LogP contribution in [0, 0.1) is 16.7 Å². The normalized spacial score (nSPS) is 13.9. The molecule has 20 heavy (non-hydrogen) atoms. The van der Waals surface area contributed by atoms with Crippen LogP contribution in [0.2, 0.25) is 13.1 Å². The number of rotatable bonds is 5. The second-order valence-electron chi connectivity index (χ2n) is 5.43. The Balaban J connectivity index is 3.21. The molecule has 0 aromatic heterocycles. The molecule has 0 saturated heterocycles. The summed E-state index contributed by atoms with van der Waals surface area (Å²) in [5.74, 6) is -0.510. The van der Waals surface area contributed by atoms with Crippen molar-refractivity contribution >= 4 is 19.2 Å². The maximum absolute atomic E-state index is 12.1. The topological polar surface area (TPSA) is 50.1 Å². The van der Waals surface area contributed by atoms with Gasteiger partial charge in [-0.1, -0.05) is 53.8 Å². The highest BCUT2D eigenvalue weighted by molar-refractivity contribution is 6.96. The van der Waals surface area contributed by atoms with Crippen molar-refractivity contribution in [2.45, 2.75) is 26.9 Å². The molecule has 1 unspecified atom stereocenters. The lowest BCUT2D eigenvalue weighted by Crippen LogP contribution is -2.50. The van der Waals surface area contributed by atoms with Crippen molar-refractivity contribution < 1.29 is 9.53 Å². The molecule has 0 aliphatic carbocycles. The van der Waals surface area contributed by atoms with E-state index in [-0.39, 0.29) is 6.61 Å². The van der Waals surface area contributed by atoms with E-state index in [1.54, 1.807) is 13.8 Å². The molecule has 0 saturated carbocycles. The minimum absolute atomic E-state index is 0.261. The largest absolute Gasteiger partial charge is 0.465 e. The van der Waals surface area contributed by atoms with Gasteiger partial charge in [0.05, 0.1) is 12.7 Å². The van der Waals surface area contributed by atoms with Crippen molar-refractivity contribution in [3.05, 3.63) is 42.1 Å². The minimum Gasteiger partial charge on any atom is -0.465 e. The predicted molar refractivity (Wildman–Crippen MR) is 83.1 cm³/mol. The van der Waals surface area contributed by atoms with E-state index in [2.05, 4.69) is 25.7 Å². The van der Waals surface area contributed by atoms with Gasteiger partial charge in [-0.05, 0) is 13.8 Å². The van der Waals surface area contributed by atoms with Crippen molar-refractivity contribution in [2.75, 3.05) is 6.61 Å². The van der Waals surface area contributed by atoms with Crippen molar-refractivity contribution in [3.63, 3.8) is 0 Å². The summed E-state index contributed by atoms with van der Waals surface area (Å²) >= 11 is 0. The van der Waals surface area contributed by atoms with Gasteiger partial charge >= 0.3 is 5.97 Å². The first-order valence-corrected chi connectivity index (χ1v) is 9.64. The number of nitriles is 1. The van der Waals surface area contributed by atoms with E-state index >= 15 is 0 Å². The van der Waals surface area contributed by atoms with E-state index in [9.17, 15) is 10.1 Å². The van der Waals surface area contributed by atoms with Crippen LogP contribution in [0.15, 0.2) is 42.1 Å². The van der Waals surface area contributed by atoms with Crippen LogP contribution in [0.25, 0.3) is 0 Å². The van der Waals surface area contributed by atoms with Crippen LogP contribution in [-0.2, 0) is 9.53 Å². The average Bonchev–Trinajstić information content (AvgIpc) is 2.46. The number of esters is 1. The minimum atomic E-state index is -2.15. The van der Waals surface area contributed by atoms with Gasteiger partial charge in [0.15, 0.2) is 5.41 Å². The van der Waals surface area contributed by atoms with Crippen LogP contribution >= 0.6 is 0 Å². The molecule has 0 aliphatic rings. The number of hydrogen-bond donors (Lipinski definition) is 0. The van der Waals surface area contributed by atoms with E-state index in [1.165, 1.54) is 0 Å². The molecule has 0 fully saturated rings. The Kier molecular flexibility index (Phi) is 4.91. The third-order valence-electron chi connectivity index (χ3n) is 3.76. The Morgan fingerprint density at radius 3 is 2.40 bits per heavy atom. The first-order valence-electron chi connectivity index (χ1n) is 6.64. The predicted octanol–water partition coefficient (Wildman–Crippen LogP) is 2.79. The molecule has 0 amide bonds. The number of hydrogen-bond acceptors (Lipinski definition) is 3. The third-order valence-corrected chi connectivity index (χ3v) is 7.55. The standard InChI is InChI=1S/C16H21NO2Si/c1-6-19-15(18)16(3,12-17)13(2)20(4,5)14-10-8-7-9-11-14/h7-11H,2,6H2,1,3-5H3. The highest BCUT2D eigenvalue weighted by Gasteiger charge is 2.45. The quantitative estimate of drug-likeness (QED) is 0.618. The molecule has 3 nitrogen and oxygen atoms in total. The number of benzene rings is 1. The lowest BCUT2D eigenvalue weighted by atomic mass is 9.93. The summed E-state index contributed by atoms with van der Waals surface area (Å²) in [6.45, 7) is 11.9. The lowest BCUT2D eigenvalue weighted by Gasteiger charge is -2.33. The van der Waals surface area contributed by atoms with Gasteiger partial charge in [0.1, 0.15) is 8.07 Å². The molecule has 0 N–H and O–H groups in total. The van der Waals surface area contributed by atoms with Crippen molar-refractivity contribution in [1.29, 1.82) is 5.26 Å². The Morgan fingerprint density at radius 2 is 1.95 bits per heavy atom. The summed E-state index contributed by atoms with van der Waals surface area (Å²) in [6, 6.07) is 12.0. The smallest absolute Gasteiger partial charge is 0.330 e. The zero-order valence-corrected chi connectivity index (χ0v) is 13.6. The Morgan fingerprint density at radius 1 is 1.40 bits per heavy atom. The molecule has 0 bridgehead atoms. The highest BCUT2D eigenvalue weighted by Crippen LogP contribution is 2.33. The maximum Gasteiger partial charge on any atom is 0.330 e. The monoisotopic (exact) mass is 287 g/mol. The molecule has 106 valence electrons. The van der Waals surface area contributed by atoms with Crippen LogP contribution < -0.4 is 5.19 Å². The summed E-state index contributed by atoms with van der Waals surface area (Å²) in [4.78, 5) is 12.1. The first kappa shape index (κ1) is 16.2. The fraction of sp³-hybridized carbons (Fsp3) is 0.375. The van der Waals surface area contributed by atoms with Crippen molar-refractivity contribution in [3.8, 4) is 6.07 Å². The molecule has 1 aromatic carbocycles. The fourth-order valence-electron chi connectivity index (χ4n) is 2.17. The van der Waals surface area contributed by atoms with Gasteiger partial charge in [-0.15, -0.1) is 6.58 Å². The number of nitrogens with zero attached hydrogens (tertiary/aromatic N) is 1. The summed E-state index contributed by atoms with van der Waals surface area (Å²) in [6.07, 6.45) is 0.